The predicted molar refractivity (Wildman–Crippen MR) is 232 cm³/mol. The van der Waals surface area contributed by atoms with Crippen LogP contribution in [0.15, 0.2) is 118 Å². The number of alkyl halides is 6. The standard InChI is InChI=1S/C38H42N6O6S2.2C2HF3O2/c1-42(2)22-19-30(27-51-32-11-7-4-8-12-32)39-34-18-17-33(25-36(34)44(46)47)52(48,49)41-37(45)29-13-15-31(16-14-29)43-23-20-38(21-24-43)26-35(40-50-38)28-9-5-3-6-10-28;2*3-2(4,5)1(6)7/h3-18,25,30,39H,19-24,26-27H2,1-2H3,(H,41,45);2*(H,6,7)/t30-;;/m1../s1. The minimum absolute atomic E-state index is 0.139. The number of nitro benzene ring substituents is 1. The second-order valence-electron chi connectivity index (χ2n) is 14.9. The lowest BCUT2D eigenvalue weighted by Gasteiger charge is -2.38. The van der Waals surface area contributed by atoms with Crippen LogP contribution in [0.25, 0.3) is 0 Å². The maximum atomic E-state index is 13.3. The van der Waals surface area contributed by atoms with Crippen LogP contribution in [-0.2, 0) is 24.4 Å². The summed E-state index contributed by atoms with van der Waals surface area (Å²) in [5, 5.41) is 34.0. The molecule has 16 nitrogen and oxygen atoms in total. The number of hydrogen-bond donors (Lipinski definition) is 4. The van der Waals surface area contributed by atoms with Crippen LogP contribution in [-0.4, -0.2) is 115 Å². The van der Waals surface area contributed by atoms with E-state index in [2.05, 4.69) is 20.1 Å². The molecule has 1 fully saturated rings. The largest absolute Gasteiger partial charge is 0.490 e. The first kappa shape index (κ1) is 52.2. The maximum absolute atomic E-state index is 13.3. The van der Waals surface area contributed by atoms with E-state index in [0.717, 1.165) is 66.8 Å². The number of rotatable bonds is 14. The van der Waals surface area contributed by atoms with Crippen molar-refractivity contribution in [3.63, 3.8) is 0 Å². The zero-order valence-electron chi connectivity index (χ0n) is 35.1. The molecule has 1 amide bonds. The van der Waals surface area contributed by atoms with E-state index in [0.29, 0.717) is 12.2 Å². The Morgan fingerprint density at radius 1 is 0.894 bits per heavy atom. The molecule has 66 heavy (non-hydrogen) atoms. The third-order valence-corrected chi connectivity index (χ3v) is 12.3. The van der Waals surface area contributed by atoms with Gasteiger partial charge in [0.2, 0.25) is 0 Å². The van der Waals surface area contributed by atoms with Crippen molar-refractivity contribution in [1.29, 1.82) is 0 Å². The zero-order valence-corrected chi connectivity index (χ0v) is 36.7. The molecule has 6 rings (SSSR count). The number of nitro groups is 1. The minimum atomic E-state index is -5.08. The summed E-state index contributed by atoms with van der Waals surface area (Å²) in [6, 6.07) is 30.1. The molecule has 1 atom stereocenters. The summed E-state index contributed by atoms with van der Waals surface area (Å²) in [4.78, 5) is 53.3. The second-order valence-corrected chi connectivity index (χ2v) is 17.7. The lowest BCUT2D eigenvalue weighted by atomic mass is 9.85. The zero-order chi connectivity index (χ0) is 48.9. The first-order chi connectivity index (χ1) is 30.9. The Morgan fingerprint density at radius 3 is 1.95 bits per heavy atom. The topological polar surface area (TPSA) is 221 Å². The number of piperidine rings is 1. The van der Waals surface area contributed by atoms with Gasteiger partial charge in [0.25, 0.3) is 21.6 Å². The molecule has 4 aromatic rings. The van der Waals surface area contributed by atoms with Crippen LogP contribution < -0.4 is 14.9 Å². The van der Waals surface area contributed by atoms with Gasteiger partial charge in [-0.1, -0.05) is 53.7 Å². The van der Waals surface area contributed by atoms with Crippen molar-refractivity contribution < 1.29 is 69.1 Å². The number of amides is 1. The number of oxime groups is 1. The number of nitrogens with zero attached hydrogens (tertiary/aromatic N) is 4. The molecule has 2 heterocycles. The number of aliphatic carboxylic acids is 2. The van der Waals surface area contributed by atoms with Crippen molar-refractivity contribution >= 4 is 62.4 Å². The van der Waals surface area contributed by atoms with E-state index < -0.39 is 50.8 Å². The summed E-state index contributed by atoms with van der Waals surface area (Å²) in [6.45, 7) is 2.23. The van der Waals surface area contributed by atoms with Crippen LogP contribution in [0, 0.1) is 10.1 Å². The highest BCUT2D eigenvalue weighted by Gasteiger charge is 2.42. The summed E-state index contributed by atoms with van der Waals surface area (Å²) in [5.74, 6) is -5.71. The summed E-state index contributed by atoms with van der Waals surface area (Å²) in [7, 11) is -0.509. The first-order valence-corrected chi connectivity index (χ1v) is 22.1. The van der Waals surface area contributed by atoms with Crippen molar-refractivity contribution in [3.05, 3.63) is 124 Å². The number of hydrogen-bond acceptors (Lipinski definition) is 13. The Labute approximate surface area is 378 Å². The van der Waals surface area contributed by atoms with E-state index in [1.165, 1.54) is 12.1 Å². The average Bonchev–Trinajstić information content (AvgIpc) is 3.68. The molecule has 4 aromatic carbocycles. The molecule has 2 aliphatic rings. The van der Waals surface area contributed by atoms with Crippen LogP contribution in [0.1, 0.15) is 41.6 Å². The van der Waals surface area contributed by atoms with Gasteiger partial charge in [-0.15, -0.1) is 11.8 Å². The highest BCUT2D eigenvalue weighted by atomic mass is 32.2. The lowest BCUT2D eigenvalue weighted by Crippen LogP contribution is -2.44. The molecule has 0 aromatic heterocycles. The van der Waals surface area contributed by atoms with E-state index in [1.807, 2.05) is 79.7 Å². The van der Waals surface area contributed by atoms with Gasteiger partial charge in [0, 0.05) is 66.4 Å². The summed E-state index contributed by atoms with van der Waals surface area (Å²) in [5.41, 5.74) is 2.56. The van der Waals surface area contributed by atoms with Crippen LogP contribution in [0.5, 0.6) is 0 Å². The molecular formula is C42H44F6N6O10S2. The van der Waals surface area contributed by atoms with Gasteiger partial charge in [0.05, 0.1) is 15.5 Å². The van der Waals surface area contributed by atoms with Gasteiger partial charge in [-0.3, -0.25) is 14.9 Å². The van der Waals surface area contributed by atoms with Gasteiger partial charge < -0.3 is 30.2 Å². The van der Waals surface area contributed by atoms with Gasteiger partial charge >= 0.3 is 24.3 Å². The lowest BCUT2D eigenvalue weighted by molar-refractivity contribution is -0.384. The molecule has 0 saturated carbocycles. The van der Waals surface area contributed by atoms with Crippen molar-refractivity contribution in [2.45, 2.75) is 59.5 Å². The molecule has 1 spiro atoms. The fourth-order valence-electron chi connectivity index (χ4n) is 6.31. The summed E-state index contributed by atoms with van der Waals surface area (Å²) >= 11 is 1.63. The molecule has 0 unspecified atom stereocenters. The molecule has 24 heteroatoms. The van der Waals surface area contributed by atoms with Crippen molar-refractivity contribution in [2.75, 3.05) is 49.7 Å². The number of sulfonamides is 1. The van der Waals surface area contributed by atoms with Gasteiger partial charge in [-0.25, -0.2) is 22.7 Å². The van der Waals surface area contributed by atoms with E-state index in [-0.39, 0.29) is 27.8 Å². The van der Waals surface area contributed by atoms with Gasteiger partial charge in [0.15, 0.2) is 0 Å². The molecule has 0 radical (unpaired) electrons. The van der Waals surface area contributed by atoms with Crippen LogP contribution in [0.4, 0.5) is 43.4 Å². The highest BCUT2D eigenvalue weighted by Crippen LogP contribution is 2.37. The molecule has 2 aliphatic heterocycles. The predicted octanol–water partition coefficient (Wildman–Crippen LogP) is 7.67. The van der Waals surface area contributed by atoms with Crippen LogP contribution in [0.3, 0.4) is 0 Å². The summed E-state index contributed by atoms with van der Waals surface area (Å²) < 4.78 is 92.1. The number of halogens is 6. The van der Waals surface area contributed by atoms with Gasteiger partial charge in [-0.2, -0.15) is 26.3 Å². The normalized spacial score (nSPS) is 14.9. The average molecular weight is 971 g/mol. The van der Waals surface area contributed by atoms with Crippen molar-refractivity contribution in [3.8, 4) is 0 Å². The number of carbonyl (C=O) groups excluding carboxylic acids is 1. The second kappa shape index (κ2) is 22.7. The maximum Gasteiger partial charge on any atom is 0.490 e. The number of benzene rings is 4. The Morgan fingerprint density at radius 2 is 1.44 bits per heavy atom. The van der Waals surface area contributed by atoms with Crippen molar-refractivity contribution in [1.82, 2.24) is 9.62 Å². The molecule has 356 valence electrons. The van der Waals surface area contributed by atoms with Crippen molar-refractivity contribution in [2.24, 2.45) is 5.16 Å². The Bertz CT molecular complexity index is 2410. The van der Waals surface area contributed by atoms with E-state index in [9.17, 15) is 49.7 Å². The van der Waals surface area contributed by atoms with E-state index in [4.69, 9.17) is 24.6 Å². The molecule has 4 N–H and O–H groups in total. The Hall–Kier alpha value is -6.40. The third-order valence-electron chi connectivity index (χ3n) is 9.78. The minimum Gasteiger partial charge on any atom is -0.475 e. The van der Waals surface area contributed by atoms with Crippen LogP contribution >= 0.6 is 11.8 Å². The number of anilines is 2. The molecule has 0 bridgehead atoms. The quantitative estimate of drug-likeness (QED) is 0.0413. The molecular weight excluding hydrogens is 927 g/mol. The Balaban J connectivity index is 0.000000590. The molecule has 1 saturated heterocycles. The fourth-order valence-corrected chi connectivity index (χ4v) is 8.29. The fraction of sp³-hybridized carbons (Fsp3) is 0.333. The van der Waals surface area contributed by atoms with Gasteiger partial charge in [0.1, 0.15) is 11.3 Å². The smallest absolute Gasteiger partial charge is 0.475 e. The number of thioether (sulfide) groups is 1. The molecule has 0 aliphatic carbocycles. The SMILES string of the molecule is CN(C)CC[C@H](CSc1ccccc1)Nc1ccc(S(=O)(=O)NC(=O)c2ccc(N3CCC4(CC3)CC(c3ccccc3)=NO4)cc2)cc1[N+](=O)[O-].O=C(O)C(F)(F)F.O=C(O)C(F)(F)F. The Kier molecular flexibility index (Phi) is 17.9. The highest BCUT2D eigenvalue weighted by molar-refractivity contribution is 7.99. The number of carboxylic acid groups (broad SMARTS) is 2. The van der Waals surface area contributed by atoms with Crippen LogP contribution in [0.2, 0.25) is 0 Å². The monoisotopic (exact) mass is 970 g/mol. The summed E-state index contributed by atoms with van der Waals surface area (Å²) in [6.07, 6.45) is -7.13. The first-order valence-electron chi connectivity index (χ1n) is 19.6. The van der Waals surface area contributed by atoms with E-state index in [1.54, 1.807) is 36.0 Å². The number of carbonyl (C=O) groups is 3. The van der Waals surface area contributed by atoms with E-state index >= 15 is 0 Å². The number of nitrogens with one attached hydrogen (secondary N) is 2. The number of carboxylic acids is 2. The van der Waals surface area contributed by atoms with Gasteiger partial charge in [-0.05, 0) is 81.2 Å². The third kappa shape index (κ3) is 15.6.